The third kappa shape index (κ3) is 4.37. The van der Waals surface area contributed by atoms with Gasteiger partial charge >= 0.3 is 6.03 Å². The second-order valence-corrected chi connectivity index (χ2v) is 7.29. The van der Waals surface area contributed by atoms with Crippen molar-refractivity contribution in [2.45, 2.75) is 13.3 Å². The van der Waals surface area contributed by atoms with E-state index < -0.39 is 0 Å². The van der Waals surface area contributed by atoms with E-state index >= 15 is 0 Å². The minimum atomic E-state index is -0.0688. The van der Waals surface area contributed by atoms with E-state index in [-0.39, 0.29) is 6.03 Å². The fourth-order valence-electron chi connectivity index (χ4n) is 3.49. The molecule has 2 aromatic heterocycles. The first-order valence-corrected chi connectivity index (χ1v) is 9.74. The number of hydrogen-bond acceptors (Lipinski definition) is 5. The quantitative estimate of drug-likeness (QED) is 0.739. The predicted molar refractivity (Wildman–Crippen MR) is 112 cm³/mol. The van der Waals surface area contributed by atoms with Crippen LogP contribution in [0.15, 0.2) is 48.9 Å². The van der Waals surface area contributed by atoms with Crippen LogP contribution >= 0.6 is 0 Å². The number of carbonyl (C=O) groups is 1. The topological polar surface area (TPSA) is 79.2 Å². The molecule has 4 rings (SSSR count). The summed E-state index contributed by atoms with van der Waals surface area (Å²) in [7, 11) is 1.93. The summed E-state index contributed by atoms with van der Waals surface area (Å²) in [6.07, 6.45) is 4.22. The van der Waals surface area contributed by atoms with Gasteiger partial charge in [-0.05, 0) is 36.2 Å². The molecule has 0 aliphatic carbocycles. The number of urea groups is 1. The monoisotopic (exact) mass is 391 g/mol. The average Bonchev–Trinajstić information content (AvgIpc) is 3.17. The highest BCUT2D eigenvalue weighted by Gasteiger charge is 2.23. The molecule has 1 saturated heterocycles. The molecule has 1 fully saturated rings. The Labute approximate surface area is 170 Å². The second-order valence-electron chi connectivity index (χ2n) is 7.29. The lowest BCUT2D eigenvalue weighted by Crippen LogP contribution is -2.50. The molecule has 0 saturated carbocycles. The fourth-order valence-corrected chi connectivity index (χ4v) is 3.49. The summed E-state index contributed by atoms with van der Waals surface area (Å²) in [5.74, 6) is 0.836. The number of aromatic nitrogens is 4. The van der Waals surface area contributed by atoms with Crippen LogP contribution in [0.2, 0.25) is 0 Å². The Morgan fingerprint density at radius 1 is 1.14 bits per heavy atom. The molecule has 1 N–H and O–H groups in total. The van der Waals surface area contributed by atoms with Crippen molar-refractivity contribution in [2.75, 3.05) is 36.4 Å². The molecule has 29 heavy (non-hydrogen) atoms. The summed E-state index contributed by atoms with van der Waals surface area (Å²) >= 11 is 0. The molecule has 0 spiro atoms. The number of anilines is 2. The van der Waals surface area contributed by atoms with Gasteiger partial charge in [-0.15, -0.1) is 10.2 Å². The van der Waals surface area contributed by atoms with Crippen LogP contribution in [-0.2, 0) is 13.5 Å². The molecule has 2 amide bonds. The lowest BCUT2D eigenvalue weighted by atomic mass is 10.1. The van der Waals surface area contributed by atoms with Crippen LogP contribution in [0, 0.1) is 6.92 Å². The first-order chi connectivity index (χ1) is 14.1. The van der Waals surface area contributed by atoms with Gasteiger partial charge in [0.15, 0.2) is 0 Å². The second kappa shape index (κ2) is 8.30. The Hall–Kier alpha value is -3.42. The van der Waals surface area contributed by atoms with Crippen LogP contribution in [0.3, 0.4) is 0 Å². The number of nitrogens with one attached hydrogen (secondary N) is 1. The Balaban J connectivity index is 1.38. The molecule has 0 bridgehead atoms. The van der Waals surface area contributed by atoms with E-state index in [9.17, 15) is 4.79 Å². The smallest absolute Gasteiger partial charge is 0.321 e. The van der Waals surface area contributed by atoms with Crippen molar-refractivity contribution in [1.82, 2.24) is 24.6 Å². The third-order valence-electron chi connectivity index (χ3n) is 5.19. The lowest BCUT2D eigenvalue weighted by molar-refractivity contribution is 0.208. The Morgan fingerprint density at radius 3 is 2.66 bits per heavy atom. The van der Waals surface area contributed by atoms with Gasteiger partial charge in [0.25, 0.3) is 0 Å². The van der Waals surface area contributed by atoms with Crippen LogP contribution in [-0.4, -0.2) is 56.9 Å². The molecule has 1 aliphatic rings. The Bertz CT molecular complexity index is 978. The minimum Gasteiger partial charge on any atom is -0.337 e. The van der Waals surface area contributed by atoms with Gasteiger partial charge in [-0.3, -0.25) is 4.98 Å². The maximum absolute atomic E-state index is 12.8. The van der Waals surface area contributed by atoms with Crippen molar-refractivity contribution in [2.24, 2.45) is 7.05 Å². The summed E-state index contributed by atoms with van der Waals surface area (Å²) in [5, 5.41) is 11.2. The predicted octanol–water partition coefficient (Wildman–Crippen LogP) is 2.46. The van der Waals surface area contributed by atoms with E-state index in [1.165, 1.54) is 0 Å². The first kappa shape index (κ1) is 18.9. The standard InChI is InChI=1S/C21H25N7O/c1-16-6-7-17(13-18-5-3-4-8-22-18)14-19(16)24-21(29)28-11-9-27(10-12-28)20-25-23-15-26(20)2/h3-8,14-15H,9-13H2,1-2H3,(H,24,29). The molecule has 0 atom stereocenters. The van der Waals surface area contributed by atoms with E-state index in [1.807, 2.05) is 53.8 Å². The summed E-state index contributed by atoms with van der Waals surface area (Å²) in [4.78, 5) is 21.2. The van der Waals surface area contributed by atoms with Crippen molar-refractivity contribution in [3.63, 3.8) is 0 Å². The lowest BCUT2D eigenvalue weighted by Gasteiger charge is -2.35. The van der Waals surface area contributed by atoms with Crippen molar-refractivity contribution in [3.05, 3.63) is 65.7 Å². The number of hydrogen-bond donors (Lipinski definition) is 1. The summed E-state index contributed by atoms with van der Waals surface area (Å²) in [5.41, 5.74) is 4.02. The van der Waals surface area contributed by atoms with Crippen LogP contribution in [0.4, 0.5) is 16.4 Å². The average molecular weight is 391 g/mol. The maximum Gasteiger partial charge on any atom is 0.321 e. The number of carbonyl (C=O) groups excluding carboxylic acids is 1. The summed E-state index contributed by atoms with van der Waals surface area (Å²) in [6.45, 7) is 4.76. The number of amides is 2. The maximum atomic E-state index is 12.8. The zero-order valence-electron chi connectivity index (χ0n) is 16.7. The number of piperazine rings is 1. The van der Waals surface area contributed by atoms with Crippen LogP contribution in [0.1, 0.15) is 16.8 Å². The molecule has 3 aromatic rings. The molecular formula is C21H25N7O. The number of benzene rings is 1. The van der Waals surface area contributed by atoms with Gasteiger partial charge in [0.2, 0.25) is 5.95 Å². The number of pyridine rings is 1. The molecule has 1 aliphatic heterocycles. The van der Waals surface area contributed by atoms with Gasteiger partial charge < -0.3 is 19.7 Å². The van der Waals surface area contributed by atoms with Gasteiger partial charge in [0.1, 0.15) is 6.33 Å². The van der Waals surface area contributed by atoms with E-state index in [0.29, 0.717) is 13.1 Å². The van der Waals surface area contributed by atoms with Crippen LogP contribution < -0.4 is 10.2 Å². The normalized spacial score (nSPS) is 14.1. The fraction of sp³-hybridized carbons (Fsp3) is 0.333. The van der Waals surface area contributed by atoms with E-state index in [4.69, 9.17) is 0 Å². The molecular weight excluding hydrogens is 366 g/mol. The largest absolute Gasteiger partial charge is 0.337 e. The first-order valence-electron chi connectivity index (χ1n) is 9.74. The van der Waals surface area contributed by atoms with Gasteiger partial charge in [0.05, 0.1) is 0 Å². The van der Waals surface area contributed by atoms with Crippen molar-refractivity contribution in [1.29, 1.82) is 0 Å². The number of aryl methyl sites for hydroxylation is 2. The van der Waals surface area contributed by atoms with E-state index in [2.05, 4.69) is 31.5 Å². The van der Waals surface area contributed by atoms with Gasteiger partial charge in [-0.1, -0.05) is 18.2 Å². The zero-order valence-corrected chi connectivity index (χ0v) is 16.7. The molecule has 8 nitrogen and oxygen atoms in total. The Kier molecular flexibility index (Phi) is 5.41. The molecule has 1 aromatic carbocycles. The zero-order chi connectivity index (χ0) is 20.2. The molecule has 0 unspecified atom stereocenters. The van der Waals surface area contributed by atoms with Crippen LogP contribution in [0.25, 0.3) is 0 Å². The van der Waals surface area contributed by atoms with Gasteiger partial charge in [-0.25, -0.2) is 4.79 Å². The third-order valence-corrected chi connectivity index (χ3v) is 5.19. The molecule has 3 heterocycles. The van der Waals surface area contributed by atoms with Crippen molar-refractivity contribution >= 4 is 17.7 Å². The summed E-state index contributed by atoms with van der Waals surface area (Å²) in [6, 6.07) is 12.0. The number of rotatable bonds is 4. The molecule has 8 heteroatoms. The highest BCUT2D eigenvalue weighted by Crippen LogP contribution is 2.20. The highest BCUT2D eigenvalue weighted by atomic mass is 16.2. The van der Waals surface area contributed by atoms with Gasteiger partial charge in [-0.2, -0.15) is 0 Å². The minimum absolute atomic E-state index is 0.0688. The SMILES string of the molecule is Cc1ccc(Cc2ccccn2)cc1NC(=O)N1CCN(c2nncn2C)CC1. The Morgan fingerprint density at radius 2 is 1.97 bits per heavy atom. The van der Waals surface area contributed by atoms with Gasteiger partial charge in [0, 0.05) is 57.2 Å². The number of nitrogens with zero attached hydrogens (tertiary/aromatic N) is 6. The highest BCUT2D eigenvalue weighted by molar-refractivity contribution is 5.90. The molecule has 150 valence electrons. The van der Waals surface area contributed by atoms with Crippen molar-refractivity contribution in [3.8, 4) is 0 Å². The molecule has 0 radical (unpaired) electrons. The summed E-state index contributed by atoms with van der Waals surface area (Å²) < 4.78 is 1.90. The van der Waals surface area contributed by atoms with Crippen LogP contribution in [0.5, 0.6) is 0 Å². The van der Waals surface area contributed by atoms with E-state index in [0.717, 1.165) is 48.0 Å². The van der Waals surface area contributed by atoms with Crippen molar-refractivity contribution < 1.29 is 4.79 Å². The van der Waals surface area contributed by atoms with E-state index in [1.54, 1.807) is 12.5 Å².